The van der Waals surface area contributed by atoms with Crippen molar-refractivity contribution < 1.29 is 49.4 Å². The number of hydrogen-bond acceptors (Lipinski definition) is 4. The molecule has 0 heterocycles. The van der Waals surface area contributed by atoms with Gasteiger partial charge in [-0.3, -0.25) is 4.79 Å². The Morgan fingerprint density at radius 1 is 1.55 bits per heavy atom. The molecule has 0 aliphatic heterocycles. The van der Waals surface area contributed by atoms with Crippen LogP contribution in [-0.2, 0) is 9.59 Å². The van der Waals surface area contributed by atoms with Crippen LogP contribution in [0.3, 0.4) is 0 Å². The molecule has 0 aromatic heterocycles. The van der Waals surface area contributed by atoms with E-state index >= 15 is 0 Å². The molecule has 0 atom stereocenters. The Labute approximate surface area is 86.9 Å². The summed E-state index contributed by atoms with van der Waals surface area (Å²) in [6.45, 7) is 1.20. The van der Waals surface area contributed by atoms with Crippen LogP contribution in [-0.4, -0.2) is 23.6 Å². The van der Waals surface area contributed by atoms with Crippen LogP contribution in [0.1, 0.15) is 13.3 Å². The maximum Gasteiger partial charge on any atom is 1.00 e. The van der Waals surface area contributed by atoms with E-state index in [0.29, 0.717) is 0 Å². The van der Waals surface area contributed by atoms with Gasteiger partial charge in [0, 0.05) is 12.5 Å². The van der Waals surface area contributed by atoms with Crippen LogP contribution in [0.2, 0.25) is 0 Å². The van der Waals surface area contributed by atoms with E-state index in [1.54, 1.807) is 0 Å². The van der Waals surface area contributed by atoms with E-state index in [-0.39, 0.29) is 42.5 Å². The van der Waals surface area contributed by atoms with Crippen LogP contribution in [0.5, 0.6) is 0 Å². The quantitative estimate of drug-likeness (QED) is 0.406. The molecule has 0 saturated heterocycles. The maximum absolute atomic E-state index is 9.52. The Kier molecular flexibility index (Phi) is 19.6. The van der Waals surface area contributed by atoms with Crippen molar-refractivity contribution in [3.8, 4) is 0 Å². The van der Waals surface area contributed by atoms with Crippen LogP contribution >= 0.6 is 0 Å². The van der Waals surface area contributed by atoms with Gasteiger partial charge in [0.25, 0.3) is 0 Å². The van der Waals surface area contributed by atoms with Crippen molar-refractivity contribution in [1.82, 2.24) is 0 Å². The topological polar surface area (TPSA) is 103 Å². The Morgan fingerprint density at radius 3 is 1.82 bits per heavy atom. The molecule has 60 valence electrons. The predicted molar refractivity (Wildman–Crippen MR) is 32.0 cm³/mol. The summed E-state index contributed by atoms with van der Waals surface area (Å²) in [6.07, 6.45) is 0.0694. The molecule has 5 nitrogen and oxygen atoms in total. The number of carboxylic acid groups (broad SMARTS) is 2. The van der Waals surface area contributed by atoms with Crippen molar-refractivity contribution in [3.63, 3.8) is 0 Å². The molecule has 0 aliphatic rings. The monoisotopic (exact) mass is 171 g/mol. The fourth-order valence-electron chi connectivity index (χ4n) is 0.123. The molecule has 0 bridgehead atoms. The van der Waals surface area contributed by atoms with Crippen molar-refractivity contribution in [2.24, 2.45) is 5.73 Å². The minimum absolute atomic E-state index is 0. The van der Waals surface area contributed by atoms with E-state index in [4.69, 9.17) is 20.7 Å². The fraction of sp³-hybridized carbons (Fsp3) is 0.600. The molecule has 6 heteroatoms. The molecule has 0 aromatic carbocycles. The minimum atomic E-state index is -1.08. The molecular formula is C5H10NNaO4. The van der Waals surface area contributed by atoms with Gasteiger partial charge in [-0.05, 0) is 6.92 Å². The Balaban J connectivity index is -0.000000114. The van der Waals surface area contributed by atoms with E-state index in [1.807, 2.05) is 0 Å². The van der Waals surface area contributed by atoms with Crippen LogP contribution in [0, 0.1) is 0 Å². The number of carbonyl (C=O) groups excluding carboxylic acids is 1. The smallest absolute Gasteiger partial charge is 0.550 e. The second-order valence-corrected chi connectivity index (χ2v) is 1.42. The SMILES string of the molecule is CC(=O)[O-].NCCC(=O)O.[Na+]. The fourth-order valence-corrected chi connectivity index (χ4v) is 0.123. The first-order chi connectivity index (χ1) is 4.50. The molecule has 0 aromatic rings. The van der Waals surface area contributed by atoms with Crippen LogP contribution in [0.15, 0.2) is 0 Å². The van der Waals surface area contributed by atoms with Gasteiger partial charge in [0.2, 0.25) is 0 Å². The molecule has 0 fully saturated rings. The Bertz CT molecular complexity index is 113. The summed E-state index contributed by atoms with van der Waals surface area (Å²) >= 11 is 0. The van der Waals surface area contributed by atoms with Gasteiger partial charge < -0.3 is 20.7 Å². The summed E-state index contributed by atoms with van der Waals surface area (Å²) in [4.78, 5) is 18.4. The first kappa shape index (κ1) is 17.1. The standard InChI is InChI=1S/C3H7NO2.C2H4O2.Na/c4-2-1-3(5)6;1-2(3)4;/h1-2,4H2,(H,5,6);1H3,(H,3,4);/q;;+1/p-1. The molecular weight excluding hydrogens is 161 g/mol. The van der Waals surface area contributed by atoms with Crippen molar-refractivity contribution in [2.75, 3.05) is 6.54 Å². The normalized spacial score (nSPS) is 6.73. The zero-order valence-corrected chi connectivity index (χ0v) is 8.66. The van der Waals surface area contributed by atoms with Gasteiger partial charge in [0.05, 0.1) is 6.42 Å². The molecule has 0 rings (SSSR count). The molecule has 3 N–H and O–H groups in total. The van der Waals surface area contributed by atoms with Crippen molar-refractivity contribution in [1.29, 1.82) is 0 Å². The van der Waals surface area contributed by atoms with Crippen molar-refractivity contribution in [3.05, 3.63) is 0 Å². The largest absolute Gasteiger partial charge is 1.00 e. The van der Waals surface area contributed by atoms with Crippen LogP contribution in [0.25, 0.3) is 0 Å². The average Bonchev–Trinajstić information content (AvgIpc) is 1.62. The van der Waals surface area contributed by atoms with Crippen molar-refractivity contribution >= 4 is 11.9 Å². The molecule has 0 radical (unpaired) electrons. The molecule has 0 amide bonds. The van der Waals surface area contributed by atoms with E-state index in [9.17, 15) is 4.79 Å². The number of carbonyl (C=O) groups is 2. The van der Waals surface area contributed by atoms with Gasteiger partial charge >= 0.3 is 35.5 Å². The van der Waals surface area contributed by atoms with Gasteiger partial charge in [-0.15, -0.1) is 0 Å². The Hall–Kier alpha value is -0.100. The minimum Gasteiger partial charge on any atom is -0.550 e. The molecule has 11 heavy (non-hydrogen) atoms. The van der Waals surface area contributed by atoms with Crippen LogP contribution in [0.4, 0.5) is 0 Å². The summed E-state index contributed by atoms with van der Waals surface area (Å²) in [5, 5.41) is 16.7. The first-order valence-electron chi connectivity index (χ1n) is 2.60. The van der Waals surface area contributed by atoms with Gasteiger partial charge in [0.15, 0.2) is 0 Å². The zero-order valence-electron chi connectivity index (χ0n) is 6.66. The molecule has 0 spiro atoms. The summed E-state index contributed by atoms with van der Waals surface area (Å²) in [7, 11) is 0. The van der Waals surface area contributed by atoms with E-state index in [1.165, 1.54) is 0 Å². The zero-order chi connectivity index (χ0) is 8.57. The molecule has 0 saturated carbocycles. The predicted octanol–water partition coefficient (Wildman–Crippen LogP) is -4.82. The second kappa shape index (κ2) is 12.6. The number of aliphatic carboxylic acids is 2. The Morgan fingerprint density at radius 2 is 1.82 bits per heavy atom. The summed E-state index contributed by atoms with van der Waals surface area (Å²) in [5.74, 6) is -1.92. The van der Waals surface area contributed by atoms with E-state index in [0.717, 1.165) is 6.92 Å². The average molecular weight is 171 g/mol. The van der Waals surface area contributed by atoms with Gasteiger partial charge in [-0.2, -0.15) is 0 Å². The van der Waals surface area contributed by atoms with Crippen LogP contribution < -0.4 is 40.4 Å². The number of rotatable bonds is 2. The van der Waals surface area contributed by atoms with E-state index in [2.05, 4.69) is 0 Å². The van der Waals surface area contributed by atoms with E-state index < -0.39 is 11.9 Å². The number of hydrogen-bond donors (Lipinski definition) is 2. The van der Waals surface area contributed by atoms with Gasteiger partial charge in [0.1, 0.15) is 0 Å². The number of nitrogens with two attached hydrogens (primary N) is 1. The third-order valence-corrected chi connectivity index (χ3v) is 0.358. The number of carboxylic acids is 2. The summed E-state index contributed by atoms with van der Waals surface area (Å²) in [6, 6.07) is 0. The third kappa shape index (κ3) is 73.5. The summed E-state index contributed by atoms with van der Waals surface area (Å²) < 4.78 is 0. The van der Waals surface area contributed by atoms with Gasteiger partial charge in [-0.1, -0.05) is 0 Å². The molecule has 0 unspecified atom stereocenters. The summed E-state index contributed by atoms with van der Waals surface area (Å²) in [5.41, 5.74) is 4.85. The first-order valence-corrected chi connectivity index (χ1v) is 2.60. The molecule has 0 aliphatic carbocycles. The van der Waals surface area contributed by atoms with Crippen molar-refractivity contribution in [2.45, 2.75) is 13.3 Å². The maximum atomic E-state index is 9.52. The van der Waals surface area contributed by atoms with Gasteiger partial charge in [-0.25, -0.2) is 0 Å². The third-order valence-electron chi connectivity index (χ3n) is 0.358. The second-order valence-electron chi connectivity index (χ2n) is 1.42.